The largest absolute Gasteiger partial charge is 0.385 e. The molecule has 1 aromatic rings. The molecule has 0 aliphatic rings. The number of aryl methyl sites for hydroxylation is 1. The zero-order valence-corrected chi connectivity index (χ0v) is 12.4. The number of amides is 2. The molecular formula is C14H22N4O2. The van der Waals surface area contributed by atoms with Crippen LogP contribution in [0.5, 0.6) is 0 Å². The highest BCUT2D eigenvalue weighted by atomic mass is 16.2. The van der Waals surface area contributed by atoms with E-state index in [1.54, 1.807) is 0 Å². The van der Waals surface area contributed by atoms with Crippen molar-refractivity contribution in [2.75, 3.05) is 18.4 Å². The minimum Gasteiger partial charge on any atom is -0.385 e. The molecule has 0 fully saturated rings. The van der Waals surface area contributed by atoms with Gasteiger partial charge in [0, 0.05) is 24.5 Å². The van der Waals surface area contributed by atoms with Crippen LogP contribution in [0.15, 0.2) is 12.3 Å². The molecule has 1 rings (SSSR count). The standard InChI is InChI=1S/C14H22N4O2/c1-5-15-12-6-10(4)16-7-11(12)14(20)17-8-13(19)18-9(2)3/h6-7,9H,5,8H2,1-4H3,(H,15,16)(H,17,20)(H,18,19). The summed E-state index contributed by atoms with van der Waals surface area (Å²) in [7, 11) is 0. The molecule has 1 heterocycles. The van der Waals surface area contributed by atoms with E-state index in [1.807, 2.05) is 33.8 Å². The fourth-order valence-electron chi connectivity index (χ4n) is 1.71. The van der Waals surface area contributed by atoms with Crippen LogP contribution in [0.3, 0.4) is 0 Å². The monoisotopic (exact) mass is 278 g/mol. The second-order valence-electron chi connectivity index (χ2n) is 4.81. The predicted octanol–water partition coefficient (Wildman–Crippen LogP) is 1.08. The SMILES string of the molecule is CCNc1cc(C)ncc1C(=O)NCC(=O)NC(C)C. The Kier molecular flexibility index (Phi) is 5.96. The third kappa shape index (κ3) is 4.87. The van der Waals surface area contributed by atoms with Crippen LogP contribution in [0, 0.1) is 6.92 Å². The molecule has 1 aromatic heterocycles. The van der Waals surface area contributed by atoms with Crippen LogP contribution in [-0.2, 0) is 4.79 Å². The van der Waals surface area contributed by atoms with E-state index in [4.69, 9.17) is 0 Å². The van der Waals surface area contributed by atoms with Gasteiger partial charge in [0.05, 0.1) is 17.8 Å². The van der Waals surface area contributed by atoms with Gasteiger partial charge in [-0.2, -0.15) is 0 Å². The Balaban J connectivity index is 2.70. The summed E-state index contributed by atoms with van der Waals surface area (Å²) in [6.45, 7) is 8.21. The molecule has 0 aliphatic carbocycles. The molecule has 0 radical (unpaired) electrons. The molecule has 20 heavy (non-hydrogen) atoms. The first-order valence-corrected chi connectivity index (χ1v) is 6.72. The second kappa shape index (κ2) is 7.47. The quantitative estimate of drug-likeness (QED) is 0.727. The number of nitrogens with one attached hydrogen (secondary N) is 3. The molecule has 0 aliphatic heterocycles. The number of carbonyl (C=O) groups is 2. The minimum absolute atomic E-state index is 0.0452. The summed E-state index contributed by atoms with van der Waals surface area (Å²) >= 11 is 0. The Morgan fingerprint density at radius 2 is 2.05 bits per heavy atom. The number of carbonyl (C=O) groups excluding carboxylic acids is 2. The number of anilines is 1. The normalized spacial score (nSPS) is 10.2. The number of hydrogen-bond donors (Lipinski definition) is 3. The Morgan fingerprint density at radius 1 is 1.35 bits per heavy atom. The van der Waals surface area contributed by atoms with Crippen molar-refractivity contribution >= 4 is 17.5 Å². The van der Waals surface area contributed by atoms with Gasteiger partial charge in [-0.05, 0) is 33.8 Å². The van der Waals surface area contributed by atoms with E-state index in [2.05, 4.69) is 20.9 Å². The average Bonchev–Trinajstić information content (AvgIpc) is 2.36. The Hall–Kier alpha value is -2.11. The van der Waals surface area contributed by atoms with Gasteiger partial charge in [-0.25, -0.2) is 0 Å². The third-order valence-corrected chi connectivity index (χ3v) is 2.51. The lowest BCUT2D eigenvalue weighted by molar-refractivity contribution is -0.120. The van der Waals surface area contributed by atoms with Gasteiger partial charge >= 0.3 is 0 Å². The summed E-state index contributed by atoms with van der Waals surface area (Å²) in [5.74, 6) is -0.522. The number of aromatic nitrogens is 1. The van der Waals surface area contributed by atoms with Crippen LogP contribution in [0.25, 0.3) is 0 Å². The molecule has 0 saturated carbocycles. The van der Waals surface area contributed by atoms with E-state index in [-0.39, 0.29) is 24.4 Å². The van der Waals surface area contributed by atoms with Crippen molar-refractivity contribution in [2.45, 2.75) is 33.7 Å². The lowest BCUT2D eigenvalue weighted by Gasteiger charge is -2.12. The van der Waals surface area contributed by atoms with Crippen molar-refractivity contribution in [3.8, 4) is 0 Å². The van der Waals surface area contributed by atoms with Crippen molar-refractivity contribution in [1.82, 2.24) is 15.6 Å². The summed E-state index contributed by atoms with van der Waals surface area (Å²) in [4.78, 5) is 27.7. The van der Waals surface area contributed by atoms with E-state index in [0.29, 0.717) is 12.1 Å². The molecule has 110 valence electrons. The van der Waals surface area contributed by atoms with Crippen LogP contribution in [0.1, 0.15) is 36.8 Å². The number of pyridine rings is 1. The molecule has 0 bridgehead atoms. The lowest BCUT2D eigenvalue weighted by Crippen LogP contribution is -2.40. The van der Waals surface area contributed by atoms with Crippen LogP contribution < -0.4 is 16.0 Å². The van der Waals surface area contributed by atoms with Crippen molar-refractivity contribution in [3.63, 3.8) is 0 Å². The molecule has 6 nitrogen and oxygen atoms in total. The summed E-state index contributed by atoms with van der Waals surface area (Å²) < 4.78 is 0. The van der Waals surface area contributed by atoms with Gasteiger partial charge in [-0.15, -0.1) is 0 Å². The topological polar surface area (TPSA) is 83.1 Å². The van der Waals surface area contributed by atoms with Gasteiger partial charge < -0.3 is 16.0 Å². The van der Waals surface area contributed by atoms with Gasteiger partial charge in [0.1, 0.15) is 0 Å². The maximum absolute atomic E-state index is 12.1. The molecule has 3 N–H and O–H groups in total. The summed E-state index contributed by atoms with van der Waals surface area (Å²) in [5, 5.41) is 8.42. The van der Waals surface area contributed by atoms with E-state index in [1.165, 1.54) is 6.20 Å². The molecule has 0 atom stereocenters. The Labute approximate surface area is 119 Å². The minimum atomic E-state index is -0.313. The molecule has 0 unspecified atom stereocenters. The first kappa shape index (κ1) is 15.9. The molecular weight excluding hydrogens is 256 g/mol. The Bertz CT molecular complexity index is 486. The van der Waals surface area contributed by atoms with Crippen LogP contribution in [-0.4, -0.2) is 35.9 Å². The van der Waals surface area contributed by atoms with E-state index >= 15 is 0 Å². The molecule has 0 spiro atoms. The predicted molar refractivity (Wildman–Crippen MR) is 78.7 cm³/mol. The fraction of sp³-hybridized carbons (Fsp3) is 0.500. The van der Waals surface area contributed by atoms with E-state index < -0.39 is 0 Å². The number of hydrogen-bond acceptors (Lipinski definition) is 4. The Morgan fingerprint density at radius 3 is 2.65 bits per heavy atom. The zero-order chi connectivity index (χ0) is 15.1. The highest BCUT2D eigenvalue weighted by Gasteiger charge is 2.13. The summed E-state index contributed by atoms with van der Waals surface area (Å²) in [6, 6.07) is 1.87. The van der Waals surface area contributed by atoms with Crippen LogP contribution >= 0.6 is 0 Å². The van der Waals surface area contributed by atoms with Gasteiger partial charge in [0.25, 0.3) is 5.91 Å². The van der Waals surface area contributed by atoms with E-state index in [0.717, 1.165) is 11.4 Å². The summed E-state index contributed by atoms with van der Waals surface area (Å²) in [6.07, 6.45) is 1.52. The highest BCUT2D eigenvalue weighted by Crippen LogP contribution is 2.15. The third-order valence-electron chi connectivity index (χ3n) is 2.51. The number of nitrogens with zero attached hydrogens (tertiary/aromatic N) is 1. The first-order valence-electron chi connectivity index (χ1n) is 6.72. The second-order valence-corrected chi connectivity index (χ2v) is 4.81. The average molecular weight is 278 g/mol. The maximum Gasteiger partial charge on any atom is 0.255 e. The fourth-order valence-corrected chi connectivity index (χ4v) is 1.71. The van der Waals surface area contributed by atoms with Crippen LogP contribution in [0.4, 0.5) is 5.69 Å². The number of rotatable bonds is 6. The van der Waals surface area contributed by atoms with Gasteiger partial charge in [-0.3, -0.25) is 14.6 Å². The van der Waals surface area contributed by atoms with Gasteiger partial charge in [-0.1, -0.05) is 0 Å². The molecule has 0 aromatic carbocycles. The van der Waals surface area contributed by atoms with Crippen molar-refractivity contribution in [1.29, 1.82) is 0 Å². The lowest BCUT2D eigenvalue weighted by atomic mass is 10.2. The maximum atomic E-state index is 12.1. The molecule has 0 saturated heterocycles. The van der Waals surface area contributed by atoms with Crippen LogP contribution in [0.2, 0.25) is 0 Å². The van der Waals surface area contributed by atoms with Crippen molar-refractivity contribution < 1.29 is 9.59 Å². The first-order chi connectivity index (χ1) is 9.43. The van der Waals surface area contributed by atoms with E-state index in [9.17, 15) is 9.59 Å². The molecule has 2 amide bonds. The van der Waals surface area contributed by atoms with Crippen molar-refractivity contribution in [3.05, 3.63) is 23.5 Å². The van der Waals surface area contributed by atoms with Gasteiger partial charge in [0.15, 0.2) is 0 Å². The zero-order valence-electron chi connectivity index (χ0n) is 12.4. The summed E-state index contributed by atoms with van der Waals surface area (Å²) in [5.41, 5.74) is 1.99. The molecule has 6 heteroatoms. The highest BCUT2D eigenvalue weighted by molar-refractivity contribution is 6.00. The van der Waals surface area contributed by atoms with Gasteiger partial charge in [0.2, 0.25) is 5.91 Å². The van der Waals surface area contributed by atoms with Crippen molar-refractivity contribution in [2.24, 2.45) is 0 Å². The smallest absolute Gasteiger partial charge is 0.255 e.